The predicted octanol–water partition coefficient (Wildman–Crippen LogP) is 1.81. The van der Waals surface area contributed by atoms with E-state index in [0.29, 0.717) is 6.42 Å². The number of carbonyl (C=O) groups excluding carboxylic acids is 3. The molecule has 0 radical (unpaired) electrons. The summed E-state index contributed by atoms with van der Waals surface area (Å²) in [5, 5.41) is 0. The first-order valence-electron chi connectivity index (χ1n) is 9.46. The summed E-state index contributed by atoms with van der Waals surface area (Å²) >= 11 is 0. The van der Waals surface area contributed by atoms with Crippen molar-refractivity contribution in [3.63, 3.8) is 0 Å². The molecule has 1 aliphatic rings. The highest BCUT2D eigenvalue weighted by Crippen LogP contribution is 2.15. The number of nitrogens with zero attached hydrogens (tertiary/aromatic N) is 1. The lowest BCUT2D eigenvalue weighted by atomic mass is 10.0. The number of hydrazine groups is 1. The zero-order valence-electron chi connectivity index (χ0n) is 16.1. The van der Waals surface area contributed by atoms with Crippen LogP contribution < -0.4 is 15.6 Å². The minimum Gasteiger partial charge on any atom is -0.497 e. The van der Waals surface area contributed by atoms with E-state index >= 15 is 0 Å². The van der Waals surface area contributed by atoms with Crippen LogP contribution in [0.4, 0.5) is 0 Å². The predicted molar refractivity (Wildman–Crippen MR) is 102 cm³/mol. The summed E-state index contributed by atoms with van der Waals surface area (Å²) in [7, 11) is 1.58. The third-order valence-corrected chi connectivity index (χ3v) is 4.63. The molecule has 1 unspecified atom stereocenters. The average Bonchev–Trinajstić information content (AvgIpc) is 2.67. The Morgan fingerprint density at radius 1 is 1.00 bits per heavy atom. The maximum Gasteiger partial charge on any atom is 0.242 e. The molecule has 148 valence electrons. The molecule has 7 nitrogen and oxygen atoms in total. The number of nitrogens with one attached hydrogen (secondary N) is 2. The molecule has 1 aliphatic heterocycles. The number of likely N-dealkylation sites (tertiary alicyclic amines) is 1. The molecule has 0 bridgehead atoms. The van der Waals surface area contributed by atoms with Crippen molar-refractivity contribution in [3.05, 3.63) is 29.8 Å². The molecule has 0 spiro atoms. The normalized spacial score (nSPS) is 15.0. The van der Waals surface area contributed by atoms with Crippen LogP contribution in [0.2, 0.25) is 0 Å². The van der Waals surface area contributed by atoms with Gasteiger partial charge in [-0.15, -0.1) is 0 Å². The largest absolute Gasteiger partial charge is 0.497 e. The Morgan fingerprint density at radius 3 is 2.26 bits per heavy atom. The molecular formula is C20H29N3O4. The molecular weight excluding hydrogens is 346 g/mol. The van der Waals surface area contributed by atoms with Crippen LogP contribution in [-0.2, 0) is 20.8 Å². The zero-order chi connectivity index (χ0) is 19.6. The molecule has 2 N–H and O–H groups in total. The van der Waals surface area contributed by atoms with E-state index in [2.05, 4.69) is 10.9 Å². The second-order valence-corrected chi connectivity index (χ2v) is 7.08. The van der Waals surface area contributed by atoms with Crippen molar-refractivity contribution < 1.29 is 19.1 Å². The van der Waals surface area contributed by atoms with Crippen LogP contribution in [0.5, 0.6) is 5.75 Å². The van der Waals surface area contributed by atoms with Gasteiger partial charge in [-0.2, -0.15) is 0 Å². The van der Waals surface area contributed by atoms with E-state index in [1.54, 1.807) is 31.4 Å². The molecule has 1 saturated heterocycles. The maximum absolute atomic E-state index is 12.2. The van der Waals surface area contributed by atoms with Gasteiger partial charge in [-0.25, -0.2) is 0 Å². The minimum absolute atomic E-state index is 0.0714. The van der Waals surface area contributed by atoms with Crippen molar-refractivity contribution in [2.75, 3.05) is 20.2 Å². The Morgan fingerprint density at radius 2 is 1.63 bits per heavy atom. The molecule has 0 aromatic heterocycles. The standard InChI is InChI=1S/C20H29N3O4/c1-15(13-20(26)23-10-4-3-5-11-23)12-18(24)21-22-19(25)14-16-6-8-17(27-2)9-7-16/h6-9,15H,3-5,10-14H2,1-2H3,(H,21,24)(H,22,25). The summed E-state index contributed by atoms with van der Waals surface area (Å²) in [5.41, 5.74) is 5.66. The quantitative estimate of drug-likeness (QED) is 0.712. The molecule has 0 saturated carbocycles. The van der Waals surface area contributed by atoms with E-state index in [9.17, 15) is 14.4 Å². The van der Waals surface area contributed by atoms with E-state index in [0.717, 1.165) is 37.2 Å². The number of hydrogen-bond acceptors (Lipinski definition) is 4. The van der Waals surface area contributed by atoms with E-state index in [1.807, 2.05) is 11.8 Å². The summed E-state index contributed by atoms with van der Waals surface area (Å²) in [6.07, 6.45) is 4.00. The number of piperidine rings is 1. The van der Waals surface area contributed by atoms with Gasteiger partial charge in [-0.1, -0.05) is 19.1 Å². The van der Waals surface area contributed by atoms with Gasteiger partial charge < -0.3 is 9.64 Å². The molecule has 1 heterocycles. The molecule has 7 heteroatoms. The second kappa shape index (κ2) is 10.5. The summed E-state index contributed by atoms with van der Waals surface area (Å²) < 4.78 is 5.07. The highest BCUT2D eigenvalue weighted by molar-refractivity contribution is 5.84. The number of benzene rings is 1. The van der Waals surface area contributed by atoms with Gasteiger partial charge in [0.2, 0.25) is 17.7 Å². The lowest BCUT2D eigenvalue weighted by molar-refractivity contribution is -0.133. The van der Waals surface area contributed by atoms with Crippen LogP contribution in [0.3, 0.4) is 0 Å². The number of rotatable bonds is 7. The van der Waals surface area contributed by atoms with E-state index in [-0.39, 0.29) is 36.5 Å². The number of ether oxygens (including phenoxy) is 1. The minimum atomic E-state index is -0.300. The van der Waals surface area contributed by atoms with Crippen LogP contribution in [0.15, 0.2) is 24.3 Å². The first-order valence-corrected chi connectivity index (χ1v) is 9.46. The summed E-state index contributed by atoms with van der Waals surface area (Å²) in [4.78, 5) is 38.0. The van der Waals surface area contributed by atoms with Gasteiger partial charge in [0.15, 0.2) is 0 Å². The van der Waals surface area contributed by atoms with Crippen LogP contribution in [0.1, 0.15) is 44.6 Å². The van der Waals surface area contributed by atoms with Crippen molar-refractivity contribution in [3.8, 4) is 5.75 Å². The van der Waals surface area contributed by atoms with Gasteiger partial charge >= 0.3 is 0 Å². The first kappa shape index (κ1) is 20.7. The highest BCUT2D eigenvalue weighted by atomic mass is 16.5. The van der Waals surface area contributed by atoms with Crippen LogP contribution in [0, 0.1) is 5.92 Å². The van der Waals surface area contributed by atoms with Crippen LogP contribution in [-0.4, -0.2) is 42.8 Å². The topological polar surface area (TPSA) is 87.7 Å². The fourth-order valence-electron chi connectivity index (χ4n) is 3.12. The lowest BCUT2D eigenvalue weighted by Gasteiger charge is -2.27. The molecule has 2 rings (SSSR count). The van der Waals surface area contributed by atoms with Crippen molar-refractivity contribution in [1.29, 1.82) is 0 Å². The lowest BCUT2D eigenvalue weighted by Crippen LogP contribution is -2.43. The van der Waals surface area contributed by atoms with Crippen molar-refractivity contribution in [2.24, 2.45) is 5.92 Å². The molecule has 1 aromatic carbocycles. The van der Waals surface area contributed by atoms with Gasteiger partial charge in [0.1, 0.15) is 5.75 Å². The molecule has 27 heavy (non-hydrogen) atoms. The SMILES string of the molecule is COc1ccc(CC(=O)NNC(=O)CC(C)CC(=O)N2CCCCC2)cc1. The zero-order valence-corrected chi connectivity index (χ0v) is 16.1. The first-order chi connectivity index (χ1) is 13.0. The Kier molecular flexibility index (Phi) is 8.10. The number of carbonyl (C=O) groups is 3. The Labute approximate surface area is 160 Å². The molecule has 3 amide bonds. The van der Waals surface area contributed by atoms with Gasteiger partial charge in [-0.3, -0.25) is 25.2 Å². The number of methoxy groups -OCH3 is 1. The van der Waals surface area contributed by atoms with Crippen LogP contribution in [0.25, 0.3) is 0 Å². The fourth-order valence-corrected chi connectivity index (χ4v) is 3.12. The number of amides is 3. The maximum atomic E-state index is 12.2. The highest BCUT2D eigenvalue weighted by Gasteiger charge is 2.20. The van der Waals surface area contributed by atoms with Gasteiger partial charge in [-0.05, 0) is 42.9 Å². The molecule has 1 atom stereocenters. The fraction of sp³-hybridized carbons (Fsp3) is 0.550. The summed E-state index contributed by atoms with van der Waals surface area (Å²) in [6.45, 7) is 3.51. The second-order valence-electron chi connectivity index (χ2n) is 7.08. The van der Waals surface area contributed by atoms with Crippen molar-refractivity contribution in [1.82, 2.24) is 15.8 Å². The van der Waals surface area contributed by atoms with Gasteiger partial charge in [0.05, 0.1) is 13.5 Å². The van der Waals surface area contributed by atoms with E-state index in [1.165, 1.54) is 6.42 Å². The van der Waals surface area contributed by atoms with Crippen molar-refractivity contribution >= 4 is 17.7 Å². The third-order valence-electron chi connectivity index (χ3n) is 4.63. The average molecular weight is 375 g/mol. The molecule has 1 fully saturated rings. The van der Waals surface area contributed by atoms with Gasteiger partial charge in [0.25, 0.3) is 0 Å². The molecule has 1 aromatic rings. The van der Waals surface area contributed by atoms with Crippen molar-refractivity contribution in [2.45, 2.75) is 45.4 Å². The summed E-state index contributed by atoms with van der Waals surface area (Å²) in [5.74, 6) is 0.166. The number of hydrogen-bond donors (Lipinski definition) is 2. The van der Waals surface area contributed by atoms with E-state index < -0.39 is 0 Å². The Hall–Kier alpha value is -2.57. The Balaban J connectivity index is 1.66. The third kappa shape index (κ3) is 7.29. The monoisotopic (exact) mass is 375 g/mol. The Bertz CT molecular complexity index is 639. The molecule has 0 aliphatic carbocycles. The smallest absolute Gasteiger partial charge is 0.242 e. The van der Waals surface area contributed by atoms with Crippen LogP contribution >= 0.6 is 0 Å². The van der Waals surface area contributed by atoms with E-state index in [4.69, 9.17) is 4.74 Å². The van der Waals surface area contributed by atoms with Gasteiger partial charge in [0, 0.05) is 25.9 Å². The summed E-state index contributed by atoms with van der Waals surface area (Å²) in [6, 6.07) is 7.16.